The highest BCUT2D eigenvalue weighted by Crippen LogP contribution is 2.41. The third-order valence-electron chi connectivity index (χ3n) is 13.7. The number of aliphatic hydroxyl groups is 1. The van der Waals surface area contributed by atoms with E-state index in [1.54, 1.807) is 12.3 Å². The highest BCUT2D eigenvalue weighted by Gasteiger charge is 2.37. The lowest BCUT2D eigenvalue weighted by Gasteiger charge is -2.41. The Hall–Kier alpha value is -8.82. The summed E-state index contributed by atoms with van der Waals surface area (Å²) in [7, 11) is 0. The molecule has 14 N–H and O–H groups in total. The molecule has 0 fully saturated rings. The maximum absolute atomic E-state index is 15.2. The summed E-state index contributed by atoms with van der Waals surface area (Å²) in [5, 5.41) is 39.7. The summed E-state index contributed by atoms with van der Waals surface area (Å²) in [5.74, 6) is -10.2. The van der Waals surface area contributed by atoms with Crippen molar-refractivity contribution < 1.29 is 76.5 Å². The molecule has 1 heterocycles. The molecule has 1 aromatic heterocycles. The molecule has 0 bridgehead atoms. The van der Waals surface area contributed by atoms with Crippen LogP contribution in [0.15, 0.2) is 60.8 Å². The van der Waals surface area contributed by atoms with Gasteiger partial charge in [-0.2, -0.15) is 0 Å². The first-order chi connectivity index (χ1) is 40.9. The van der Waals surface area contributed by atoms with Gasteiger partial charge in [-0.3, -0.25) is 52.7 Å². The van der Waals surface area contributed by atoms with Crippen LogP contribution in [0.4, 0.5) is 8.78 Å². The van der Waals surface area contributed by atoms with Crippen molar-refractivity contribution in [3.8, 4) is 11.1 Å². The molecule has 478 valence electrons. The topological polar surface area (TPSA) is 402 Å². The summed E-state index contributed by atoms with van der Waals surface area (Å²) in [6.45, 7) is 10.5. The Morgan fingerprint density at radius 1 is 0.609 bits per heavy atom. The number of nitrogens with zero attached hydrogens (tertiary/aromatic N) is 2. The number of halogens is 2. The van der Waals surface area contributed by atoms with Gasteiger partial charge in [0, 0.05) is 74.9 Å². The van der Waals surface area contributed by atoms with Crippen LogP contribution in [0.25, 0.3) is 11.1 Å². The van der Waals surface area contributed by atoms with Crippen LogP contribution in [0.1, 0.15) is 136 Å². The summed E-state index contributed by atoms with van der Waals surface area (Å²) < 4.78 is 31.5. The fourth-order valence-electron chi connectivity index (χ4n) is 9.10. The number of aliphatic carboxylic acids is 1. The van der Waals surface area contributed by atoms with E-state index >= 15 is 4.39 Å². The summed E-state index contributed by atoms with van der Waals surface area (Å²) in [4.78, 5) is 152. The van der Waals surface area contributed by atoms with Crippen LogP contribution in [0.3, 0.4) is 0 Å². The third-order valence-corrected chi connectivity index (χ3v) is 13.7. The Morgan fingerprint density at radius 3 is 1.70 bits per heavy atom. The van der Waals surface area contributed by atoms with Gasteiger partial charge in [-0.05, 0) is 101 Å². The van der Waals surface area contributed by atoms with Gasteiger partial charge in [0.2, 0.25) is 65.0 Å². The summed E-state index contributed by atoms with van der Waals surface area (Å²) in [6.07, 6.45) is 1.47. The van der Waals surface area contributed by atoms with Gasteiger partial charge >= 0.3 is 5.97 Å². The number of benzene rings is 2. The summed E-state index contributed by atoms with van der Waals surface area (Å²) in [6, 6.07) is 6.21. The van der Waals surface area contributed by atoms with Gasteiger partial charge in [-0.25, -0.2) is 13.6 Å². The minimum absolute atomic E-state index is 0.00236. The van der Waals surface area contributed by atoms with Gasteiger partial charge in [0.05, 0.1) is 12.5 Å². The van der Waals surface area contributed by atoms with Crippen molar-refractivity contribution in [1.29, 1.82) is 0 Å². The predicted molar refractivity (Wildman–Crippen MR) is 313 cm³/mol. The Balaban J connectivity index is 1.46. The molecule has 3 aromatic rings. The zero-order valence-electron chi connectivity index (χ0n) is 50.2. The lowest BCUT2D eigenvalue weighted by atomic mass is 9.83. The fraction of sp³-hybridized carbons (Fsp3) is 0.525. The summed E-state index contributed by atoms with van der Waals surface area (Å²) in [5.41, 5.74) is 11.6. The van der Waals surface area contributed by atoms with Crippen LogP contribution in [0, 0.1) is 17.0 Å². The van der Waals surface area contributed by atoms with Crippen LogP contribution in [-0.4, -0.2) is 153 Å². The number of carboxylic acids is 1. The molecule has 0 spiro atoms. The van der Waals surface area contributed by atoms with Gasteiger partial charge in [0.1, 0.15) is 54.5 Å². The first-order valence-corrected chi connectivity index (χ1v) is 28.7. The first kappa shape index (κ1) is 72.4. The zero-order chi connectivity index (χ0) is 65.1. The molecular weight excluding hydrogens is 1140 g/mol. The van der Waals surface area contributed by atoms with E-state index in [1.807, 2.05) is 55.7 Å². The minimum atomic E-state index is -1.51. The molecule has 0 saturated carbocycles. The molecule has 26 nitrogen and oxygen atoms in total. The van der Waals surface area contributed by atoms with Crippen molar-refractivity contribution in [2.75, 3.05) is 26.2 Å². The standard InChI is InChI=1S/C59H84F2N12O14/c1-34(53(63)81)68-54(82)35(2)66-48(77)20-13-19-47(76)64-25-12-11-18-43(58(86)87)70-50(79)22-14-21-49(78)67-36(3)55(83)69-37(4)56(84)71-44(30-46(62)75)57(85)65-26-15-27-73(51(80)33-74)52(59(5,6)7)45-28-39(41-29-40(60)23-24-42(41)61)32-72(45)31-38-16-9-8-10-17-38/h8-10,16-17,23-24,28-29,32,34-37,43-44,52,74H,11-15,18-22,25-27,30-31,33H2,1-7H3,(H2,62,75)(H2,63,81)(H,64,76)(H,65,85)(H,66,77)(H,67,78)(H,68,82)(H,69,83)(H,70,79)(H,71,84)(H,86,87)/t34-,35-,36-,37-,43-,44-,52-/m0/s1. The number of aromatic nitrogens is 1. The highest BCUT2D eigenvalue weighted by atomic mass is 19.1. The van der Waals surface area contributed by atoms with Crippen LogP contribution in [0.5, 0.6) is 0 Å². The van der Waals surface area contributed by atoms with E-state index in [-0.39, 0.29) is 89.0 Å². The van der Waals surface area contributed by atoms with E-state index in [9.17, 15) is 72.1 Å². The Morgan fingerprint density at radius 2 is 1.15 bits per heavy atom. The number of nitrogens with two attached hydrogens (primary N) is 2. The van der Waals surface area contributed by atoms with Gasteiger partial charge in [0.25, 0.3) is 0 Å². The van der Waals surface area contributed by atoms with Crippen LogP contribution >= 0.6 is 0 Å². The van der Waals surface area contributed by atoms with Crippen LogP contribution < -0.4 is 54.0 Å². The molecule has 87 heavy (non-hydrogen) atoms. The van der Waals surface area contributed by atoms with Crippen molar-refractivity contribution in [3.05, 3.63) is 83.7 Å². The number of hydrogen-bond donors (Lipinski definition) is 12. The fourth-order valence-corrected chi connectivity index (χ4v) is 9.10. The Kier molecular flexibility index (Phi) is 29.6. The SMILES string of the molecule is C[C@H](NC(=O)[C@H](C)NC(=O)CCCC(=O)NCCCC[C@H](NC(=O)CCCC(=O)N[C@@H](C)C(=O)N[C@@H](C)C(=O)N[C@@H](CC(N)=O)C(=O)NCCCN(C(=O)CO)[C@@H](c1cc(-c2cc(F)ccc2F)cn1Cc1ccccc1)C(C)(C)C)C(=O)O)C(N)=O. The molecule has 11 amide bonds. The lowest BCUT2D eigenvalue weighted by molar-refractivity contribution is -0.142. The molecule has 0 saturated heterocycles. The largest absolute Gasteiger partial charge is 0.480 e. The molecule has 0 unspecified atom stereocenters. The number of aliphatic hydroxyl groups excluding tert-OH is 1. The highest BCUT2D eigenvalue weighted by molar-refractivity contribution is 5.96. The third kappa shape index (κ3) is 25.3. The second-order valence-corrected chi connectivity index (χ2v) is 22.2. The lowest BCUT2D eigenvalue weighted by Crippen LogP contribution is -2.56. The molecule has 0 aliphatic carbocycles. The normalized spacial score (nSPS) is 13.6. The average molecular weight is 1220 g/mol. The molecule has 0 aliphatic heterocycles. The Labute approximate surface area is 503 Å². The number of rotatable bonds is 37. The van der Waals surface area contributed by atoms with Crippen molar-refractivity contribution in [2.24, 2.45) is 16.9 Å². The van der Waals surface area contributed by atoms with Gasteiger partial charge < -0.3 is 73.7 Å². The smallest absolute Gasteiger partial charge is 0.326 e. The van der Waals surface area contributed by atoms with E-state index in [4.69, 9.17) is 11.5 Å². The minimum Gasteiger partial charge on any atom is -0.480 e. The number of amides is 11. The molecule has 2 aromatic carbocycles. The monoisotopic (exact) mass is 1220 g/mol. The van der Waals surface area contributed by atoms with Crippen LogP contribution in [-0.2, 0) is 64.1 Å². The number of carbonyl (C=O) groups is 12. The van der Waals surface area contributed by atoms with Crippen molar-refractivity contribution in [1.82, 2.24) is 52.0 Å². The average Bonchev–Trinajstić information content (AvgIpc) is 1.75. The first-order valence-electron chi connectivity index (χ1n) is 28.7. The van der Waals surface area contributed by atoms with Crippen molar-refractivity contribution in [3.63, 3.8) is 0 Å². The number of primary amides is 2. The molecular formula is C59H84F2N12O14. The second kappa shape index (κ2) is 35.6. The van der Waals surface area contributed by atoms with E-state index in [0.717, 1.165) is 23.8 Å². The molecule has 7 atom stereocenters. The number of unbranched alkanes of at least 4 members (excludes halogenated alkanes) is 1. The second-order valence-electron chi connectivity index (χ2n) is 22.2. The maximum atomic E-state index is 15.2. The van der Waals surface area contributed by atoms with E-state index in [1.165, 1.54) is 32.6 Å². The quantitative estimate of drug-likeness (QED) is 0.0358. The van der Waals surface area contributed by atoms with Crippen molar-refractivity contribution >= 4 is 70.9 Å². The Bertz CT molecular complexity index is 2900. The maximum Gasteiger partial charge on any atom is 0.326 e. The number of carboxylic acid groups (broad SMARTS) is 1. The molecule has 28 heteroatoms. The van der Waals surface area contributed by atoms with Crippen LogP contribution in [0.2, 0.25) is 0 Å². The van der Waals surface area contributed by atoms with E-state index in [0.29, 0.717) is 24.1 Å². The number of hydrogen-bond acceptors (Lipinski definition) is 13. The predicted octanol–water partition coefficient (Wildman–Crippen LogP) is 0.957. The van der Waals surface area contributed by atoms with Gasteiger partial charge in [0.15, 0.2) is 0 Å². The molecule has 0 aliphatic rings. The molecule has 0 radical (unpaired) electrons. The number of nitrogens with one attached hydrogen (secondary N) is 8. The van der Waals surface area contributed by atoms with E-state index in [2.05, 4.69) is 42.5 Å². The number of carbonyl (C=O) groups excluding carboxylic acids is 11. The van der Waals surface area contributed by atoms with Gasteiger partial charge in [-0.15, -0.1) is 0 Å². The zero-order valence-corrected chi connectivity index (χ0v) is 50.2. The summed E-state index contributed by atoms with van der Waals surface area (Å²) >= 11 is 0. The van der Waals surface area contributed by atoms with E-state index < -0.39 is 137 Å². The van der Waals surface area contributed by atoms with Crippen molar-refractivity contribution in [2.45, 2.75) is 168 Å². The van der Waals surface area contributed by atoms with Gasteiger partial charge in [-0.1, -0.05) is 51.1 Å². The molecule has 3 rings (SSSR count).